The van der Waals surface area contributed by atoms with Crippen LogP contribution >= 0.6 is 0 Å². The fourth-order valence-corrected chi connectivity index (χ4v) is 2.83. The number of fused-ring (bicyclic) bond motifs is 1. The Bertz CT molecular complexity index is 660. The summed E-state index contributed by atoms with van der Waals surface area (Å²) in [7, 11) is 0. The van der Waals surface area contributed by atoms with Crippen LogP contribution in [-0.4, -0.2) is 16.7 Å². The van der Waals surface area contributed by atoms with Gasteiger partial charge in [-0.2, -0.15) is 4.39 Å². The number of rotatable bonds is 2. The predicted octanol–water partition coefficient (Wildman–Crippen LogP) is 2.19. The lowest BCUT2D eigenvalue weighted by Gasteiger charge is -2.14. The molecule has 21 heavy (non-hydrogen) atoms. The minimum atomic E-state index is -0.998. The first-order valence-corrected chi connectivity index (χ1v) is 6.47. The van der Waals surface area contributed by atoms with E-state index in [1.54, 1.807) is 0 Å². The van der Waals surface area contributed by atoms with Crippen LogP contribution in [-0.2, 0) is 9.59 Å². The molecular weight excluding hydrogens is 279 g/mol. The highest BCUT2D eigenvalue weighted by atomic mass is 19.1. The molecule has 0 radical (unpaired) electrons. The number of allylic oxidation sites excluding steroid dienone is 2. The molecule has 1 heterocycles. The average molecular weight is 290 g/mol. The van der Waals surface area contributed by atoms with Crippen molar-refractivity contribution in [3.05, 3.63) is 46.3 Å². The molecule has 1 aliphatic heterocycles. The quantitative estimate of drug-likeness (QED) is 0.362. The first kappa shape index (κ1) is 13.4. The van der Waals surface area contributed by atoms with Crippen molar-refractivity contribution in [1.82, 2.24) is 0 Å². The Morgan fingerprint density at radius 2 is 1.71 bits per heavy atom. The van der Waals surface area contributed by atoms with Gasteiger partial charge in [0, 0.05) is 6.07 Å². The molecule has 1 aromatic carbocycles. The van der Waals surface area contributed by atoms with Crippen LogP contribution in [0, 0.1) is 27.8 Å². The number of benzene rings is 1. The zero-order valence-corrected chi connectivity index (χ0v) is 10.9. The number of imide groups is 1. The number of carbonyl (C=O) groups excluding carboxylic acids is 2. The van der Waals surface area contributed by atoms with Crippen molar-refractivity contribution in [3.8, 4) is 0 Å². The van der Waals surface area contributed by atoms with Crippen molar-refractivity contribution in [2.24, 2.45) is 11.8 Å². The van der Waals surface area contributed by atoms with E-state index in [1.807, 2.05) is 12.2 Å². The highest BCUT2D eigenvalue weighted by Crippen LogP contribution is 2.38. The lowest BCUT2D eigenvalue weighted by molar-refractivity contribution is -0.387. The van der Waals surface area contributed by atoms with Gasteiger partial charge >= 0.3 is 5.69 Å². The molecular formula is C14H11FN2O4. The second-order valence-corrected chi connectivity index (χ2v) is 5.06. The molecule has 2 atom stereocenters. The molecule has 0 aromatic heterocycles. The summed E-state index contributed by atoms with van der Waals surface area (Å²) in [6.45, 7) is 0. The molecule has 0 N–H and O–H groups in total. The highest BCUT2D eigenvalue weighted by Gasteiger charge is 2.48. The third-order valence-corrected chi connectivity index (χ3v) is 3.89. The smallest absolute Gasteiger partial charge is 0.274 e. The van der Waals surface area contributed by atoms with Crippen molar-refractivity contribution >= 4 is 23.2 Å². The minimum Gasteiger partial charge on any atom is -0.274 e. The number of halogens is 1. The summed E-state index contributed by atoms with van der Waals surface area (Å²) in [6.07, 6.45) is 4.66. The average Bonchev–Trinajstić information content (AvgIpc) is 2.72. The van der Waals surface area contributed by atoms with Gasteiger partial charge in [-0.15, -0.1) is 0 Å². The number of carbonyl (C=O) groups is 2. The number of hydrogen-bond acceptors (Lipinski definition) is 4. The van der Waals surface area contributed by atoms with Crippen molar-refractivity contribution in [3.63, 3.8) is 0 Å². The van der Waals surface area contributed by atoms with Gasteiger partial charge in [-0.25, -0.2) is 4.90 Å². The standard InChI is InChI=1S/C14H11FN2O4/c15-11-6-5-8(7-12(11)17(20)21)16-13(18)9-3-1-2-4-10(9)14(16)19/h1-2,5-7,9-10H,3-4H2/t9-,10-/m1/s1. The van der Waals surface area contributed by atoms with E-state index in [0.29, 0.717) is 12.8 Å². The Labute approximate surface area is 119 Å². The van der Waals surface area contributed by atoms with Crippen molar-refractivity contribution in [2.75, 3.05) is 4.90 Å². The molecule has 1 aliphatic carbocycles. The molecule has 108 valence electrons. The van der Waals surface area contributed by atoms with E-state index in [-0.39, 0.29) is 17.5 Å². The lowest BCUT2D eigenvalue weighted by atomic mass is 9.85. The van der Waals surface area contributed by atoms with E-state index in [9.17, 15) is 24.1 Å². The molecule has 0 saturated carbocycles. The third-order valence-electron chi connectivity index (χ3n) is 3.89. The van der Waals surface area contributed by atoms with Gasteiger partial charge in [-0.05, 0) is 25.0 Å². The number of hydrogen-bond donors (Lipinski definition) is 0. The summed E-state index contributed by atoms with van der Waals surface area (Å²) in [4.78, 5) is 35.5. The maximum Gasteiger partial charge on any atom is 0.306 e. The van der Waals surface area contributed by atoms with Gasteiger partial charge in [0.05, 0.1) is 22.4 Å². The van der Waals surface area contributed by atoms with Crippen LogP contribution in [0.1, 0.15) is 12.8 Å². The molecule has 2 amide bonds. The second kappa shape index (κ2) is 4.76. The van der Waals surface area contributed by atoms with Gasteiger partial charge < -0.3 is 0 Å². The molecule has 1 fully saturated rings. The Hall–Kier alpha value is -2.57. The Morgan fingerprint density at radius 3 is 2.24 bits per heavy atom. The molecule has 2 aliphatic rings. The molecule has 3 rings (SSSR count). The fraction of sp³-hybridized carbons (Fsp3) is 0.286. The van der Waals surface area contributed by atoms with Gasteiger partial charge in [0.2, 0.25) is 17.6 Å². The minimum absolute atomic E-state index is 0.0486. The summed E-state index contributed by atoms with van der Waals surface area (Å²) in [5.74, 6) is -2.61. The van der Waals surface area contributed by atoms with Crippen LogP contribution in [0.3, 0.4) is 0 Å². The lowest BCUT2D eigenvalue weighted by Crippen LogP contribution is -2.30. The van der Waals surface area contributed by atoms with Gasteiger partial charge in [-0.3, -0.25) is 19.7 Å². The first-order chi connectivity index (χ1) is 10.0. The summed E-state index contributed by atoms with van der Waals surface area (Å²) >= 11 is 0. The highest BCUT2D eigenvalue weighted by molar-refractivity contribution is 6.22. The molecule has 1 saturated heterocycles. The number of anilines is 1. The van der Waals surface area contributed by atoms with Crippen molar-refractivity contribution < 1.29 is 18.9 Å². The van der Waals surface area contributed by atoms with Crippen LogP contribution in [0.25, 0.3) is 0 Å². The van der Waals surface area contributed by atoms with Crippen LogP contribution in [0.15, 0.2) is 30.4 Å². The molecule has 6 nitrogen and oxygen atoms in total. The zero-order chi connectivity index (χ0) is 15.1. The Morgan fingerprint density at radius 1 is 1.14 bits per heavy atom. The van der Waals surface area contributed by atoms with Gasteiger partial charge in [0.1, 0.15) is 0 Å². The predicted molar refractivity (Wildman–Crippen MR) is 70.9 cm³/mol. The van der Waals surface area contributed by atoms with Crippen molar-refractivity contribution in [1.29, 1.82) is 0 Å². The zero-order valence-electron chi connectivity index (χ0n) is 10.9. The fourth-order valence-electron chi connectivity index (χ4n) is 2.83. The normalized spacial score (nSPS) is 24.3. The van der Waals surface area contributed by atoms with Gasteiger partial charge in [0.25, 0.3) is 0 Å². The molecule has 0 spiro atoms. The number of amides is 2. The number of nitro groups is 1. The van der Waals surface area contributed by atoms with Crippen LogP contribution in [0.5, 0.6) is 0 Å². The number of nitro benzene ring substituents is 1. The van der Waals surface area contributed by atoms with Crippen LogP contribution < -0.4 is 4.90 Å². The maximum atomic E-state index is 13.4. The second-order valence-electron chi connectivity index (χ2n) is 5.06. The Balaban J connectivity index is 2.01. The van der Waals surface area contributed by atoms with E-state index in [4.69, 9.17) is 0 Å². The maximum absolute atomic E-state index is 13.4. The summed E-state index contributed by atoms with van der Waals surface area (Å²) in [5.41, 5.74) is -0.700. The molecule has 1 aromatic rings. The van der Waals surface area contributed by atoms with E-state index in [0.717, 1.165) is 17.0 Å². The summed E-state index contributed by atoms with van der Waals surface area (Å²) < 4.78 is 13.4. The van der Waals surface area contributed by atoms with Crippen molar-refractivity contribution in [2.45, 2.75) is 12.8 Å². The Kier molecular flexibility index (Phi) is 3.04. The summed E-state index contributed by atoms with van der Waals surface area (Å²) in [5, 5.41) is 10.8. The van der Waals surface area contributed by atoms with E-state index < -0.39 is 28.3 Å². The molecule has 0 unspecified atom stereocenters. The van der Waals surface area contributed by atoms with Gasteiger partial charge in [-0.1, -0.05) is 12.2 Å². The molecule has 0 bridgehead atoms. The van der Waals surface area contributed by atoms with E-state index in [1.165, 1.54) is 6.07 Å². The SMILES string of the molecule is O=C1[C@@H]2CC=CC[C@H]2C(=O)N1c1ccc(F)c([N+](=O)[O-])c1. The van der Waals surface area contributed by atoms with Crippen LogP contribution in [0.2, 0.25) is 0 Å². The number of nitrogens with zero attached hydrogens (tertiary/aromatic N) is 2. The third kappa shape index (κ3) is 2.01. The molecule has 7 heteroatoms. The van der Waals surface area contributed by atoms with E-state index in [2.05, 4.69) is 0 Å². The largest absolute Gasteiger partial charge is 0.306 e. The summed E-state index contributed by atoms with van der Waals surface area (Å²) in [6, 6.07) is 3.03. The van der Waals surface area contributed by atoms with E-state index >= 15 is 0 Å². The van der Waals surface area contributed by atoms with Gasteiger partial charge in [0.15, 0.2) is 0 Å². The first-order valence-electron chi connectivity index (χ1n) is 6.47. The topological polar surface area (TPSA) is 80.5 Å². The monoisotopic (exact) mass is 290 g/mol. The van der Waals surface area contributed by atoms with Crippen LogP contribution in [0.4, 0.5) is 15.8 Å².